The largest absolute Gasteiger partial charge is 0.509 e. The van der Waals surface area contributed by atoms with Crippen LogP contribution in [0.5, 0.6) is 5.75 Å². The summed E-state index contributed by atoms with van der Waals surface area (Å²) >= 11 is 6.64. The Labute approximate surface area is 194 Å². The zero-order valence-electron chi connectivity index (χ0n) is 17.7. The lowest BCUT2D eigenvalue weighted by molar-refractivity contribution is -0.159. The van der Waals surface area contributed by atoms with Gasteiger partial charge in [-0.3, -0.25) is 19.3 Å². The van der Waals surface area contributed by atoms with Crippen LogP contribution in [0.3, 0.4) is 0 Å². The molecule has 0 bridgehead atoms. The van der Waals surface area contributed by atoms with E-state index in [9.17, 15) is 24.3 Å². The van der Waals surface area contributed by atoms with Crippen molar-refractivity contribution >= 4 is 47.1 Å². The van der Waals surface area contributed by atoms with Gasteiger partial charge in [0.1, 0.15) is 34.4 Å². The Morgan fingerprint density at radius 3 is 2.50 bits per heavy atom. The maximum Gasteiger partial charge on any atom is 0.359 e. The number of hydrogen-bond acceptors (Lipinski definition) is 8. The molecule has 32 heavy (non-hydrogen) atoms. The molecule has 0 aliphatic carbocycles. The van der Waals surface area contributed by atoms with Gasteiger partial charge in [0.2, 0.25) is 5.91 Å². The molecule has 2 N–H and O–H groups in total. The highest BCUT2D eigenvalue weighted by Crippen LogP contribution is 2.40. The molecule has 2 aliphatic rings. The summed E-state index contributed by atoms with van der Waals surface area (Å²) in [5.41, 5.74) is -0.314. The Morgan fingerprint density at radius 1 is 1.25 bits per heavy atom. The van der Waals surface area contributed by atoms with Crippen LogP contribution in [0.15, 0.2) is 35.7 Å². The van der Waals surface area contributed by atoms with Crippen molar-refractivity contribution in [3.05, 3.63) is 41.3 Å². The molecule has 0 spiro atoms. The lowest BCUT2D eigenvalue weighted by Gasteiger charge is -2.49. The Balaban J connectivity index is 1.60. The fraction of sp³-hybridized carbons (Fsp3) is 0.429. The monoisotopic (exact) mass is 482 g/mol. The van der Waals surface area contributed by atoms with Crippen LogP contribution in [0.25, 0.3) is 0 Å². The summed E-state index contributed by atoms with van der Waals surface area (Å²) in [5, 5.41) is 12.3. The summed E-state index contributed by atoms with van der Waals surface area (Å²) in [6.07, 6.45) is 0.00487. The first-order chi connectivity index (χ1) is 15.0. The molecule has 0 aromatic heterocycles. The van der Waals surface area contributed by atoms with E-state index in [4.69, 9.17) is 21.1 Å². The number of aliphatic hydroxyl groups is 1. The number of alkyl halides is 1. The predicted octanol–water partition coefficient (Wildman–Crippen LogP) is 1.88. The highest BCUT2D eigenvalue weighted by atomic mass is 35.5. The van der Waals surface area contributed by atoms with E-state index in [-0.39, 0.29) is 35.4 Å². The molecule has 172 valence electrons. The number of rotatable bonds is 6. The SMILES string of the molecule is CC(C)(C)OC(=O)C1=C(O)CS[C@@H]2C(NC(=O)Cc3ccc(OC(=O)CCl)cc3)C(=O)N12. The lowest BCUT2D eigenvalue weighted by atomic mass is 10.0. The quantitative estimate of drug-likeness (QED) is 0.273. The summed E-state index contributed by atoms with van der Waals surface area (Å²) < 4.78 is 10.3. The lowest BCUT2D eigenvalue weighted by Crippen LogP contribution is -2.70. The molecule has 2 heterocycles. The normalized spacial score (nSPS) is 20.2. The van der Waals surface area contributed by atoms with Crippen LogP contribution >= 0.6 is 23.4 Å². The molecule has 3 rings (SSSR count). The maximum absolute atomic E-state index is 12.7. The minimum Gasteiger partial charge on any atom is -0.509 e. The van der Waals surface area contributed by atoms with Crippen molar-refractivity contribution < 1.29 is 33.8 Å². The molecule has 1 fully saturated rings. The van der Waals surface area contributed by atoms with Crippen LogP contribution in [-0.2, 0) is 30.3 Å². The average molecular weight is 483 g/mol. The first-order valence-corrected chi connectivity index (χ1v) is 11.3. The summed E-state index contributed by atoms with van der Waals surface area (Å²) in [6, 6.07) is 5.52. The molecule has 2 atom stereocenters. The standard InChI is InChI=1S/C21H23ClN2O7S/c1-21(2,3)31-20(29)17-13(25)10-32-19-16(18(28)24(17)19)23-14(26)8-11-4-6-12(7-5-11)30-15(27)9-22/h4-7,16,19,25H,8-10H2,1-3H3,(H,23,26)/t16?,19-/m1/s1. The van der Waals surface area contributed by atoms with Crippen molar-refractivity contribution in [1.82, 2.24) is 10.2 Å². The Hall–Kier alpha value is -2.72. The second-order valence-corrected chi connectivity index (χ2v) is 9.55. The first kappa shape index (κ1) is 23.9. The van der Waals surface area contributed by atoms with Crippen molar-refractivity contribution in [2.75, 3.05) is 11.6 Å². The molecule has 9 nitrogen and oxygen atoms in total. The number of fused-ring (bicyclic) bond motifs is 1. The van der Waals surface area contributed by atoms with Crippen LogP contribution in [0.1, 0.15) is 26.3 Å². The summed E-state index contributed by atoms with van der Waals surface area (Å²) in [4.78, 5) is 50.0. The number of nitrogens with zero attached hydrogens (tertiary/aromatic N) is 1. The fourth-order valence-electron chi connectivity index (χ4n) is 3.16. The fourth-order valence-corrected chi connectivity index (χ4v) is 4.42. The van der Waals surface area contributed by atoms with E-state index in [1.165, 1.54) is 16.7 Å². The van der Waals surface area contributed by atoms with E-state index in [2.05, 4.69) is 5.32 Å². The minimum absolute atomic E-state index is 0.00487. The number of nitrogens with one attached hydrogen (secondary N) is 1. The van der Waals surface area contributed by atoms with E-state index < -0.39 is 34.9 Å². The highest BCUT2D eigenvalue weighted by Gasteiger charge is 2.55. The molecular formula is C21H23ClN2O7S. The van der Waals surface area contributed by atoms with Gasteiger partial charge in [-0.1, -0.05) is 12.1 Å². The van der Waals surface area contributed by atoms with Crippen LogP contribution in [0.2, 0.25) is 0 Å². The van der Waals surface area contributed by atoms with E-state index in [0.717, 1.165) is 0 Å². The third kappa shape index (κ3) is 5.36. The number of ether oxygens (including phenoxy) is 2. The van der Waals surface area contributed by atoms with Gasteiger partial charge in [-0.25, -0.2) is 4.79 Å². The average Bonchev–Trinajstić information content (AvgIpc) is 2.71. The molecule has 0 saturated carbocycles. The molecular weight excluding hydrogens is 460 g/mol. The minimum atomic E-state index is -0.818. The Morgan fingerprint density at radius 2 is 1.91 bits per heavy atom. The number of β-lactam (4-membered cyclic amide) rings is 1. The molecule has 1 unspecified atom stereocenters. The van der Waals surface area contributed by atoms with Crippen LogP contribution in [-0.4, -0.2) is 62.4 Å². The van der Waals surface area contributed by atoms with Gasteiger partial charge >= 0.3 is 11.9 Å². The van der Waals surface area contributed by atoms with Gasteiger partial charge in [-0.15, -0.1) is 23.4 Å². The highest BCUT2D eigenvalue weighted by molar-refractivity contribution is 8.00. The smallest absolute Gasteiger partial charge is 0.359 e. The van der Waals surface area contributed by atoms with Crippen molar-refractivity contribution in [3.63, 3.8) is 0 Å². The van der Waals surface area contributed by atoms with E-state index in [1.807, 2.05) is 0 Å². The third-order valence-electron chi connectivity index (χ3n) is 4.49. The van der Waals surface area contributed by atoms with Crippen molar-refractivity contribution in [2.45, 2.75) is 44.2 Å². The van der Waals surface area contributed by atoms with E-state index in [0.29, 0.717) is 11.3 Å². The summed E-state index contributed by atoms with van der Waals surface area (Å²) in [7, 11) is 0. The van der Waals surface area contributed by atoms with Crippen LogP contribution < -0.4 is 10.1 Å². The first-order valence-electron chi connectivity index (χ1n) is 9.75. The topological polar surface area (TPSA) is 122 Å². The molecule has 1 aromatic carbocycles. The Bertz CT molecular complexity index is 971. The van der Waals surface area contributed by atoms with Gasteiger partial charge in [0.25, 0.3) is 5.91 Å². The van der Waals surface area contributed by atoms with Crippen molar-refractivity contribution in [3.8, 4) is 5.75 Å². The summed E-state index contributed by atoms with van der Waals surface area (Å²) in [6.45, 7) is 5.06. The number of aliphatic hydroxyl groups excluding tert-OH is 1. The number of carbonyl (C=O) groups is 4. The van der Waals surface area contributed by atoms with E-state index in [1.54, 1.807) is 45.0 Å². The van der Waals surface area contributed by atoms with Gasteiger partial charge < -0.3 is 19.9 Å². The van der Waals surface area contributed by atoms with E-state index >= 15 is 0 Å². The van der Waals surface area contributed by atoms with Gasteiger partial charge in [0.15, 0.2) is 5.70 Å². The number of benzene rings is 1. The number of esters is 2. The van der Waals surface area contributed by atoms with Gasteiger partial charge in [0.05, 0.1) is 12.2 Å². The van der Waals surface area contributed by atoms with Gasteiger partial charge in [0, 0.05) is 0 Å². The molecule has 11 heteroatoms. The van der Waals surface area contributed by atoms with Crippen molar-refractivity contribution in [2.24, 2.45) is 0 Å². The van der Waals surface area contributed by atoms with Crippen LogP contribution in [0, 0.1) is 0 Å². The van der Waals surface area contributed by atoms with Gasteiger partial charge in [-0.2, -0.15) is 0 Å². The van der Waals surface area contributed by atoms with Crippen LogP contribution in [0.4, 0.5) is 0 Å². The number of amides is 2. The number of thioether (sulfide) groups is 1. The molecule has 1 aromatic rings. The number of carbonyl (C=O) groups excluding carboxylic acids is 4. The summed E-state index contributed by atoms with van der Waals surface area (Å²) in [5.74, 6) is -2.30. The van der Waals surface area contributed by atoms with Crippen molar-refractivity contribution in [1.29, 1.82) is 0 Å². The third-order valence-corrected chi connectivity index (χ3v) is 5.97. The second kappa shape index (κ2) is 9.41. The van der Waals surface area contributed by atoms with Gasteiger partial charge in [-0.05, 0) is 38.5 Å². The zero-order valence-corrected chi connectivity index (χ0v) is 19.3. The molecule has 2 aliphatic heterocycles. The maximum atomic E-state index is 12.7. The zero-order chi connectivity index (χ0) is 23.6. The number of hydrogen-bond donors (Lipinski definition) is 2. The Kier molecular flexibility index (Phi) is 7.04. The second-order valence-electron chi connectivity index (χ2n) is 8.18. The predicted molar refractivity (Wildman–Crippen MR) is 117 cm³/mol. The molecule has 0 radical (unpaired) electrons. The molecule has 1 saturated heterocycles. The molecule has 2 amide bonds. The number of halogens is 1.